The van der Waals surface area contributed by atoms with Crippen molar-refractivity contribution >= 4 is 22.6 Å². The van der Waals surface area contributed by atoms with Gasteiger partial charge >= 0.3 is 6.09 Å². The summed E-state index contributed by atoms with van der Waals surface area (Å²) in [5.74, 6) is 0.371. The average molecular weight is 418 g/mol. The predicted molar refractivity (Wildman–Crippen MR) is 114 cm³/mol. The first-order valence-electron chi connectivity index (χ1n) is 10.6. The Balaban J connectivity index is 1.33. The third-order valence-corrected chi connectivity index (χ3v) is 6.93. The largest absolute Gasteiger partial charge is 0.450 e. The molecule has 4 rings (SSSR count). The molecule has 5 nitrogen and oxygen atoms in total. The van der Waals surface area contributed by atoms with Crippen molar-refractivity contribution < 1.29 is 13.9 Å². The van der Waals surface area contributed by atoms with Gasteiger partial charge in [-0.2, -0.15) is 0 Å². The lowest BCUT2D eigenvalue weighted by molar-refractivity contribution is 0.143. The van der Waals surface area contributed by atoms with Crippen LogP contribution in [-0.4, -0.2) is 30.3 Å². The number of nitrogens with zero attached hydrogens (tertiary/aromatic N) is 1. The van der Waals surface area contributed by atoms with Crippen LogP contribution in [0.2, 0.25) is 0 Å². The van der Waals surface area contributed by atoms with Crippen molar-refractivity contribution in [2.45, 2.75) is 57.9 Å². The van der Waals surface area contributed by atoms with Crippen molar-refractivity contribution in [2.24, 2.45) is 5.92 Å². The standard InChI is InChI=1S/C22H28FN3O2S/c1-2-28-22(27)25-17-10-6-14(7-11-17)13-24-21-26-20-18-12-16(23)9-8-15(18)4-3-5-19(20)29-21/h8-9,12,14,17H,2-7,10-11,13H2,1H3,(H,24,26)(H,25,27)/t14-,17-. The van der Waals surface area contributed by atoms with Crippen molar-refractivity contribution in [3.63, 3.8) is 0 Å². The summed E-state index contributed by atoms with van der Waals surface area (Å²) in [5, 5.41) is 7.39. The van der Waals surface area contributed by atoms with Crippen molar-refractivity contribution in [1.29, 1.82) is 0 Å². The molecule has 1 saturated carbocycles. The van der Waals surface area contributed by atoms with Gasteiger partial charge in [-0.15, -0.1) is 11.3 Å². The molecule has 7 heteroatoms. The van der Waals surface area contributed by atoms with Crippen LogP contribution in [0, 0.1) is 11.7 Å². The van der Waals surface area contributed by atoms with E-state index in [2.05, 4.69) is 10.6 Å². The van der Waals surface area contributed by atoms with Crippen LogP contribution >= 0.6 is 11.3 Å². The van der Waals surface area contributed by atoms with Crippen LogP contribution in [0.4, 0.5) is 14.3 Å². The Hall–Kier alpha value is -2.15. The third kappa shape index (κ3) is 4.89. The van der Waals surface area contributed by atoms with E-state index >= 15 is 0 Å². The Morgan fingerprint density at radius 3 is 2.90 bits per heavy atom. The number of carbonyl (C=O) groups is 1. The summed E-state index contributed by atoms with van der Waals surface area (Å²) in [5.41, 5.74) is 3.09. The lowest BCUT2D eigenvalue weighted by Crippen LogP contribution is -2.38. The third-order valence-electron chi connectivity index (χ3n) is 5.86. The number of rotatable bonds is 5. The fourth-order valence-corrected chi connectivity index (χ4v) is 5.34. The van der Waals surface area contributed by atoms with Gasteiger partial charge in [0.1, 0.15) is 5.82 Å². The second-order valence-electron chi connectivity index (χ2n) is 7.91. The number of hydrogen-bond acceptors (Lipinski definition) is 5. The Labute approximate surface area is 175 Å². The zero-order valence-corrected chi connectivity index (χ0v) is 17.6. The molecule has 29 heavy (non-hydrogen) atoms. The molecule has 1 aromatic heterocycles. The number of aromatic nitrogens is 1. The van der Waals surface area contributed by atoms with Crippen molar-refractivity contribution in [2.75, 3.05) is 18.5 Å². The van der Waals surface area contributed by atoms with E-state index in [1.54, 1.807) is 23.5 Å². The van der Waals surface area contributed by atoms with E-state index in [0.717, 1.165) is 67.9 Å². The first-order chi connectivity index (χ1) is 14.1. The van der Waals surface area contributed by atoms with E-state index in [0.29, 0.717) is 12.5 Å². The zero-order chi connectivity index (χ0) is 20.2. The summed E-state index contributed by atoms with van der Waals surface area (Å²) in [4.78, 5) is 17.6. The molecule has 1 fully saturated rings. The summed E-state index contributed by atoms with van der Waals surface area (Å²) in [7, 11) is 0. The number of benzene rings is 1. The number of thiazole rings is 1. The van der Waals surface area contributed by atoms with E-state index in [1.807, 2.05) is 13.0 Å². The van der Waals surface area contributed by atoms with Crippen LogP contribution in [0.25, 0.3) is 11.3 Å². The number of aryl methyl sites for hydroxylation is 2. The molecule has 1 amide bonds. The van der Waals surface area contributed by atoms with E-state index in [-0.39, 0.29) is 18.0 Å². The molecule has 0 unspecified atom stereocenters. The number of fused-ring (bicyclic) bond motifs is 3. The van der Waals surface area contributed by atoms with Crippen LogP contribution in [0.3, 0.4) is 0 Å². The van der Waals surface area contributed by atoms with Crippen LogP contribution in [0.1, 0.15) is 49.5 Å². The number of alkyl carbamates (subject to hydrolysis) is 1. The van der Waals surface area contributed by atoms with Gasteiger partial charge in [0.15, 0.2) is 5.13 Å². The van der Waals surface area contributed by atoms with Crippen molar-refractivity contribution in [1.82, 2.24) is 10.3 Å². The van der Waals surface area contributed by atoms with Crippen molar-refractivity contribution in [3.05, 3.63) is 34.5 Å². The molecular formula is C22H28FN3O2S. The number of hydrogen-bond donors (Lipinski definition) is 2. The molecule has 1 aromatic carbocycles. The van der Waals surface area contributed by atoms with Gasteiger partial charge in [-0.05, 0) is 75.5 Å². The molecule has 2 aromatic rings. The second kappa shape index (κ2) is 9.11. The minimum atomic E-state index is -0.310. The fourth-order valence-electron chi connectivity index (χ4n) is 4.32. The highest BCUT2D eigenvalue weighted by molar-refractivity contribution is 7.16. The van der Waals surface area contributed by atoms with E-state index in [4.69, 9.17) is 9.72 Å². The lowest BCUT2D eigenvalue weighted by Gasteiger charge is -2.28. The van der Waals surface area contributed by atoms with Gasteiger partial charge in [-0.25, -0.2) is 14.2 Å². The van der Waals surface area contributed by atoms with Gasteiger partial charge in [0.2, 0.25) is 0 Å². The maximum atomic E-state index is 13.8. The maximum Gasteiger partial charge on any atom is 0.407 e. The van der Waals surface area contributed by atoms with Gasteiger partial charge in [-0.3, -0.25) is 0 Å². The fraction of sp³-hybridized carbons (Fsp3) is 0.545. The molecule has 156 valence electrons. The molecule has 0 saturated heterocycles. The number of carbonyl (C=O) groups excluding carboxylic acids is 1. The van der Waals surface area contributed by atoms with Crippen LogP contribution in [0.5, 0.6) is 0 Å². The van der Waals surface area contributed by atoms with Gasteiger partial charge in [0, 0.05) is 23.0 Å². The number of anilines is 1. The van der Waals surface area contributed by atoms with Crippen LogP contribution in [0.15, 0.2) is 18.2 Å². The quantitative estimate of drug-likeness (QED) is 0.706. The summed E-state index contributed by atoms with van der Waals surface area (Å²) in [6, 6.07) is 5.28. The number of halogens is 1. The summed E-state index contributed by atoms with van der Waals surface area (Å²) < 4.78 is 18.8. The lowest BCUT2D eigenvalue weighted by atomic mass is 9.86. The van der Waals surface area contributed by atoms with E-state index in [9.17, 15) is 9.18 Å². The Morgan fingerprint density at radius 2 is 2.10 bits per heavy atom. The first-order valence-corrected chi connectivity index (χ1v) is 11.4. The zero-order valence-electron chi connectivity index (χ0n) is 16.8. The first kappa shape index (κ1) is 20.1. The maximum absolute atomic E-state index is 13.8. The predicted octanol–water partition coefficient (Wildman–Crippen LogP) is 5.15. The normalized spacial score (nSPS) is 20.9. The highest BCUT2D eigenvalue weighted by atomic mass is 32.1. The van der Waals surface area contributed by atoms with Gasteiger partial charge in [0.25, 0.3) is 0 Å². The minimum Gasteiger partial charge on any atom is -0.450 e. The summed E-state index contributed by atoms with van der Waals surface area (Å²) in [6.07, 6.45) is 6.84. The monoisotopic (exact) mass is 417 g/mol. The van der Waals surface area contributed by atoms with Gasteiger partial charge < -0.3 is 15.4 Å². The van der Waals surface area contributed by atoms with Gasteiger partial charge in [-0.1, -0.05) is 6.07 Å². The SMILES string of the molecule is CCOC(=O)N[C@H]1CC[C@H](CNc2nc3c(s2)CCCc2ccc(F)cc2-3)CC1. The molecule has 2 aliphatic rings. The van der Waals surface area contributed by atoms with Crippen molar-refractivity contribution in [3.8, 4) is 11.3 Å². The molecule has 2 N–H and O–H groups in total. The number of nitrogens with one attached hydrogen (secondary N) is 2. The molecule has 0 radical (unpaired) electrons. The molecule has 0 atom stereocenters. The van der Waals surface area contributed by atoms with E-state index < -0.39 is 0 Å². The number of ether oxygens (including phenoxy) is 1. The summed E-state index contributed by atoms with van der Waals surface area (Å²) in [6.45, 7) is 3.10. The Morgan fingerprint density at radius 1 is 1.28 bits per heavy atom. The highest BCUT2D eigenvalue weighted by Crippen LogP contribution is 2.37. The Kier molecular flexibility index (Phi) is 6.33. The second-order valence-corrected chi connectivity index (χ2v) is 8.99. The van der Waals surface area contributed by atoms with Crippen LogP contribution in [-0.2, 0) is 17.6 Å². The van der Waals surface area contributed by atoms with Gasteiger partial charge in [0.05, 0.1) is 12.3 Å². The van der Waals surface area contributed by atoms with E-state index in [1.165, 1.54) is 10.4 Å². The molecule has 1 heterocycles. The molecule has 0 aliphatic heterocycles. The number of amides is 1. The minimum absolute atomic E-state index is 0.202. The molecule has 2 aliphatic carbocycles. The molecule has 0 bridgehead atoms. The highest BCUT2D eigenvalue weighted by Gasteiger charge is 2.24. The smallest absolute Gasteiger partial charge is 0.407 e. The molecule has 0 spiro atoms. The Bertz CT molecular complexity index is 862. The topological polar surface area (TPSA) is 63.2 Å². The van der Waals surface area contributed by atoms with Crippen LogP contribution < -0.4 is 10.6 Å². The molecular weight excluding hydrogens is 389 g/mol. The average Bonchev–Trinajstić information content (AvgIpc) is 3.04. The summed E-state index contributed by atoms with van der Waals surface area (Å²) >= 11 is 1.70.